The quantitative estimate of drug-likeness (QED) is 0.594. The Morgan fingerprint density at radius 3 is 2.68 bits per heavy atom. The van der Waals surface area contributed by atoms with Gasteiger partial charge in [-0.1, -0.05) is 26.7 Å². The summed E-state index contributed by atoms with van der Waals surface area (Å²) in [6, 6.07) is 4.08. The molecule has 0 aromatic carbocycles. The van der Waals surface area contributed by atoms with Crippen molar-refractivity contribution in [2.75, 3.05) is 0 Å². The van der Waals surface area contributed by atoms with Crippen LogP contribution in [0.3, 0.4) is 0 Å². The van der Waals surface area contributed by atoms with Crippen molar-refractivity contribution in [3.8, 4) is 0 Å². The van der Waals surface area contributed by atoms with E-state index >= 15 is 0 Å². The second-order valence-corrected chi connectivity index (χ2v) is 6.86. The molecule has 0 spiro atoms. The van der Waals surface area contributed by atoms with Gasteiger partial charge in [0.1, 0.15) is 0 Å². The van der Waals surface area contributed by atoms with E-state index in [1.54, 1.807) is 0 Å². The van der Waals surface area contributed by atoms with Crippen molar-refractivity contribution < 1.29 is 0 Å². The molecule has 3 heteroatoms. The summed E-state index contributed by atoms with van der Waals surface area (Å²) in [5.74, 6) is 0. The fourth-order valence-electron chi connectivity index (χ4n) is 3.53. The van der Waals surface area contributed by atoms with Crippen LogP contribution in [0.15, 0.2) is 40.7 Å². The maximum atomic E-state index is 4.87. The lowest BCUT2D eigenvalue weighted by Crippen LogP contribution is -1.92. The number of allylic oxidation sites excluding steroid dienone is 2. The number of aromatic nitrogens is 2. The van der Waals surface area contributed by atoms with Gasteiger partial charge in [0.05, 0.1) is 17.1 Å². The second-order valence-electron chi connectivity index (χ2n) is 6.86. The summed E-state index contributed by atoms with van der Waals surface area (Å²) in [5, 5.41) is 0. The third-order valence-electron chi connectivity index (χ3n) is 5.08. The number of hydrogen-bond acceptors (Lipinski definition) is 1. The average Bonchev–Trinajstić information content (AvgIpc) is 3.31. The lowest BCUT2D eigenvalue weighted by molar-refractivity contribution is 0.714. The van der Waals surface area contributed by atoms with Crippen LogP contribution in [0.2, 0.25) is 0 Å². The molecule has 0 saturated carbocycles. The number of nitrogens with zero attached hydrogens (tertiary/aromatic N) is 1. The number of rotatable bonds is 7. The summed E-state index contributed by atoms with van der Waals surface area (Å²) in [6.07, 6.45) is 12.3. The Morgan fingerprint density at radius 1 is 1.16 bits per heavy atom. The maximum absolute atomic E-state index is 4.87. The Bertz CT molecular complexity index is 814. The highest BCUT2D eigenvalue weighted by Crippen LogP contribution is 2.29. The molecule has 1 aliphatic rings. The van der Waals surface area contributed by atoms with E-state index in [1.165, 1.54) is 53.8 Å². The molecule has 3 rings (SSSR count). The third-order valence-corrected chi connectivity index (χ3v) is 5.08. The molecule has 3 nitrogen and oxygen atoms in total. The molecule has 132 valence electrons. The minimum Gasteiger partial charge on any atom is -0.360 e. The predicted octanol–water partition coefficient (Wildman–Crippen LogP) is 5.87. The van der Waals surface area contributed by atoms with Gasteiger partial charge in [-0.2, -0.15) is 0 Å². The van der Waals surface area contributed by atoms with E-state index < -0.39 is 0 Å². The highest BCUT2D eigenvalue weighted by atomic mass is 14.8. The molecule has 2 aromatic heterocycles. The van der Waals surface area contributed by atoms with Gasteiger partial charge < -0.3 is 9.97 Å². The van der Waals surface area contributed by atoms with Gasteiger partial charge in [0, 0.05) is 17.6 Å². The van der Waals surface area contributed by atoms with Crippen molar-refractivity contribution in [3.63, 3.8) is 0 Å². The van der Waals surface area contributed by atoms with Crippen LogP contribution in [0.1, 0.15) is 67.7 Å². The smallest absolute Gasteiger partial charge is 0.0875 e. The molecule has 0 bridgehead atoms. The molecule has 0 saturated heterocycles. The van der Waals surface area contributed by atoms with E-state index in [0.29, 0.717) is 0 Å². The average molecular weight is 335 g/mol. The number of nitrogens with one attached hydrogen (secondary N) is 2. The van der Waals surface area contributed by atoms with E-state index in [2.05, 4.69) is 55.9 Å². The zero-order chi connectivity index (χ0) is 17.8. The van der Waals surface area contributed by atoms with Gasteiger partial charge in [-0.15, -0.1) is 0 Å². The largest absolute Gasteiger partial charge is 0.360 e. The number of H-pyrrole nitrogens is 2. The standard InChI is InChI=1S/C22H29N3/c1-5-7-8-10-18-15(3)20(24-16(18)4)14-21-17(6-2)13-22(25-21)19-11-9-12-23-19/h9,11-14,23-24H,5-8,10H2,1-4H3/b21-14-. The third kappa shape index (κ3) is 3.71. The summed E-state index contributed by atoms with van der Waals surface area (Å²) in [7, 11) is 0. The van der Waals surface area contributed by atoms with Crippen LogP contribution in [0.5, 0.6) is 0 Å². The number of unbranched alkanes of at least 4 members (excludes halogenated alkanes) is 2. The topological polar surface area (TPSA) is 43.9 Å². The predicted molar refractivity (Wildman–Crippen MR) is 107 cm³/mol. The van der Waals surface area contributed by atoms with Crippen LogP contribution >= 0.6 is 0 Å². The normalized spacial score (nSPS) is 15.8. The van der Waals surface area contributed by atoms with Gasteiger partial charge in [-0.25, -0.2) is 4.99 Å². The SMILES string of the molecule is CCCCCc1c(C)[nH]c(/C=C2\N=C(c3ccc[nH]3)C=C2CC)c1C. The van der Waals surface area contributed by atoms with Gasteiger partial charge >= 0.3 is 0 Å². The van der Waals surface area contributed by atoms with Crippen molar-refractivity contribution in [2.24, 2.45) is 4.99 Å². The number of aryl methyl sites for hydroxylation is 1. The molecule has 0 atom stereocenters. The summed E-state index contributed by atoms with van der Waals surface area (Å²) >= 11 is 0. The minimum absolute atomic E-state index is 0.988. The zero-order valence-electron chi connectivity index (χ0n) is 15.9. The number of aromatic amines is 2. The Balaban J connectivity index is 1.90. The molecule has 2 aromatic rings. The second kappa shape index (κ2) is 7.73. The first-order chi connectivity index (χ1) is 12.1. The van der Waals surface area contributed by atoms with Crippen molar-refractivity contribution in [1.29, 1.82) is 0 Å². The Hall–Kier alpha value is -2.29. The van der Waals surface area contributed by atoms with Crippen LogP contribution in [0, 0.1) is 13.8 Å². The molecule has 1 aliphatic heterocycles. The summed E-state index contributed by atoms with van der Waals surface area (Å²) < 4.78 is 0. The van der Waals surface area contributed by atoms with E-state index in [-0.39, 0.29) is 0 Å². The van der Waals surface area contributed by atoms with E-state index in [4.69, 9.17) is 4.99 Å². The van der Waals surface area contributed by atoms with Crippen molar-refractivity contribution in [1.82, 2.24) is 9.97 Å². The first kappa shape index (κ1) is 17.5. The first-order valence-corrected chi connectivity index (χ1v) is 9.47. The van der Waals surface area contributed by atoms with Crippen molar-refractivity contribution >= 4 is 11.8 Å². The highest BCUT2D eigenvalue weighted by molar-refractivity contribution is 6.11. The molecular weight excluding hydrogens is 306 g/mol. The molecule has 3 heterocycles. The van der Waals surface area contributed by atoms with Crippen LogP contribution in [-0.4, -0.2) is 15.7 Å². The molecule has 2 N–H and O–H groups in total. The van der Waals surface area contributed by atoms with Crippen LogP contribution in [0.25, 0.3) is 6.08 Å². The molecule has 0 unspecified atom stereocenters. The van der Waals surface area contributed by atoms with Gasteiger partial charge in [0.2, 0.25) is 0 Å². The van der Waals surface area contributed by atoms with E-state index in [0.717, 1.165) is 23.5 Å². The zero-order valence-corrected chi connectivity index (χ0v) is 15.9. The molecular formula is C22H29N3. The monoisotopic (exact) mass is 335 g/mol. The fourth-order valence-corrected chi connectivity index (χ4v) is 3.53. The van der Waals surface area contributed by atoms with Gasteiger partial charge in [-0.3, -0.25) is 0 Å². The van der Waals surface area contributed by atoms with E-state index in [9.17, 15) is 0 Å². The highest BCUT2D eigenvalue weighted by Gasteiger charge is 2.17. The van der Waals surface area contributed by atoms with Gasteiger partial charge in [-0.05, 0) is 74.1 Å². The molecule has 0 aliphatic carbocycles. The summed E-state index contributed by atoms with van der Waals surface area (Å²) in [4.78, 5) is 11.7. The molecule has 0 amide bonds. The maximum Gasteiger partial charge on any atom is 0.0875 e. The van der Waals surface area contributed by atoms with Crippen molar-refractivity contribution in [3.05, 3.63) is 63.9 Å². The van der Waals surface area contributed by atoms with E-state index in [1.807, 2.05) is 12.3 Å². The Labute approximate surface area is 151 Å². The lowest BCUT2D eigenvalue weighted by atomic mass is 10.0. The first-order valence-electron chi connectivity index (χ1n) is 9.47. The van der Waals surface area contributed by atoms with Crippen LogP contribution in [-0.2, 0) is 6.42 Å². The minimum atomic E-state index is 0.988. The van der Waals surface area contributed by atoms with Crippen molar-refractivity contribution in [2.45, 2.75) is 59.8 Å². The number of aliphatic imine (C=N–C) groups is 1. The molecule has 0 fully saturated rings. The molecule has 25 heavy (non-hydrogen) atoms. The van der Waals surface area contributed by atoms with Gasteiger partial charge in [0.25, 0.3) is 0 Å². The number of hydrogen-bond donors (Lipinski definition) is 2. The summed E-state index contributed by atoms with van der Waals surface area (Å²) in [5.41, 5.74) is 9.84. The molecule has 0 radical (unpaired) electrons. The van der Waals surface area contributed by atoms with Crippen LogP contribution < -0.4 is 0 Å². The fraction of sp³-hybridized carbons (Fsp3) is 0.409. The Morgan fingerprint density at radius 2 is 2.00 bits per heavy atom. The van der Waals surface area contributed by atoms with Gasteiger partial charge in [0.15, 0.2) is 0 Å². The van der Waals surface area contributed by atoms with Crippen LogP contribution in [0.4, 0.5) is 0 Å². The summed E-state index contributed by atoms with van der Waals surface area (Å²) in [6.45, 7) is 8.87. The Kier molecular flexibility index (Phi) is 5.42. The lowest BCUT2D eigenvalue weighted by Gasteiger charge is -2.02.